The molecule has 0 radical (unpaired) electrons. The lowest BCUT2D eigenvalue weighted by atomic mass is 10.1. The van der Waals surface area contributed by atoms with Crippen LogP contribution in [0.2, 0.25) is 0 Å². The summed E-state index contributed by atoms with van der Waals surface area (Å²) in [4.78, 5) is 23.1. The Balaban J connectivity index is 1.89. The Bertz CT molecular complexity index is 512. The molecule has 1 saturated heterocycles. The van der Waals surface area contributed by atoms with Crippen LogP contribution in [0.25, 0.3) is 0 Å². The van der Waals surface area contributed by atoms with Crippen LogP contribution >= 0.6 is 0 Å². The molecule has 114 valence electrons. The molecule has 1 aromatic carbocycles. The van der Waals surface area contributed by atoms with Crippen molar-refractivity contribution in [1.82, 2.24) is 0 Å². The number of carboxylic acid groups (broad SMARTS) is 1. The van der Waals surface area contributed by atoms with Crippen LogP contribution in [0.15, 0.2) is 24.3 Å². The van der Waals surface area contributed by atoms with Gasteiger partial charge in [-0.15, -0.1) is 0 Å². The number of nitro benzene ring substituents is 1. The number of anilines is 1. The highest BCUT2D eigenvalue weighted by Gasteiger charge is 2.24. The zero-order chi connectivity index (χ0) is 15.2. The van der Waals surface area contributed by atoms with Crippen molar-refractivity contribution < 1.29 is 19.6 Å². The van der Waals surface area contributed by atoms with Crippen LogP contribution in [0.1, 0.15) is 19.3 Å². The highest BCUT2D eigenvalue weighted by atomic mass is 16.6. The number of ether oxygens (including phenoxy) is 1. The van der Waals surface area contributed by atoms with Crippen molar-refractivity contribution in [2.45, 2.75) is 25.4 Å². The first-order valence-electron chi connectivity index (χ1n) is 6.89. The first-order valence-corrected chi connectivity index (χ1v) is 6.89. The summed E-state index contributed by atoms with van der Waals surface area (Å²) >= 11 is 0. The number of hydrogen-bond acceptors (Lipinski definition) is 5. The molecule has 1 aliphatic rings. The molecule has 21 heavy (non-hydrogen) atoms. The molecule has 0 aliphatic carbocycles. The summed E-state index contributed by atoms with van der Waals surface area (Å²) in [6.07, 6.45) is 1.52. The second-order valence-corrected chi connectivity index (χ2v) is 4.95. The standard InChI is InChI=1S/C14H18N2O5/c17-14(18)7-10-21-11-5-8-15(9-6-11)12-3-1-2-4-13(12)16(19)20/h1-4,11H,5-10H2,(H,17,18). The largest absolute Gasteiger partial charge is 0.481 e. The Labute approximate surface area is 122 Å². The van der Waals surface area contributed by atoms with Crippen LogP contribution in [0.4, 0.5) is 11.4 Å². The van der Waals surface area contributed by atoms with Crippen molar-refractivity contribution in [3.63, 3.8) is 0 Å². The average Bonchev–Trinajstić information content (AvgIpc) is 2.47. The van der Waals surface area contributed by atoms with Gasteiger partial charge in [0.25, 0.3) is 5.69 Å². The molecule has 1 N–H and O–H groups in total. The van der Waals surface area contributed by atoms with E-state index in [-0.39, 0.29) is 29.7 Å². The average molecular weight is 294 g/mol. The smallest absolute Gasteiger partial charge is 0.305 e. The molecule has 0 atom stereocenters. The quantitative estimate of drug-likeness (QED) is 0.637. The topological polar surface area (TPSA) is 92.9 Å². The fourth-order valence-corrected chi connectivity index (χ4v) is 2.46. The van der Waals surface area contributed by atoms with E-state index in [2.05, 4.69) is 0 Å². The molecule has 7 nitrogen and oxygen atoms in total. The minimum atomic E-state index is -0.868. The molecule has 0 saturated carbocycles. The van der Waals surface area contributed by atoms with Crippen molar-refractivity contribution >= 4 is 17.3 Å². The number of carbonyl (C=O) groups is 1. The first kappa shape index (κ1) is 15.2. The molecule has 2 rings (SSSR count). The summed E-state index contributed by atoms with van der Waals surface area (Å²) in [5.41, 5.74) is 0.745. The van der Waals surface area contributed by atoms with Gasteiger partial charge >= 0.3 is 5.97 Å². The van der Waals surface area contributed by atoms with E-state index in [1.54, 1.807) is 18.2 Å². The van der Waals surface area contributed by atoms with E-state index in [1.807, 2.05) is 4.90 Å². The van der Waals surface area contributed by atoms with Gasteiger partial charge < -0.3 is 14.7 Å². The number of carboxylic acids is 1. The van der Waals surface area contributed by atoms with E-state index >= 15 is 0 Å². The normalized spacial score (nSPS) is 15.9. The Morgan fingerprint density at radius 3 is 2.67 bits per heavy atom. The fraction of sp³-hybridized carbons (Fsp3) is 0.500. The molecule has 0 unspecified atom stereocenters. The van der Waals surface area contributed by atoms with Gasteiger partial charge in [0.05, 0.1) is 24.1 Å². The van der Waals surface area contributed by atoms with E-state index in [0.717, 1.165) is 12.8 Å². The minimum absolute atomic E-state index is 0.00434. The number of aliphatic carboxylic acids is 1. The highest BCUT2D eigenvalue weighted by molar-refractivity contribution is 5.66. The maximum absolute atomic E-state index is 11.0. The molecule has 1 heterocycles. The summed E-state index contributed by atoms with van der Waals surface area (Å²) in [7, 11) is 0. The van der Waals surface area contributed by atoms with E-state index in [1.165, 1.54) is 6.07 Å². The number of hydrogen-bond donors (Lipinski definition) is 1. The van der Waals surface area contributed by atoms with E-state index in [9.17, 15) is 14.9 Å². The molecule has 0 spiro atoms. The number of piperidine rings is 1. The lowest BCUT2D eigenvalue weighted by Gasteiger charge is -2.33. The zero-order valence-corrected chi connectivity index (χ0v) is 11.6. The molecule has 0 aromatic heterocycles. The van der Waals surface area contributed by atoms with Crippen molar-refractivity contribution in [3.8, 4) is 0 Å². The van der Waals surface area contributed by atoms with Crippen LogP contribution in [0.3, 0.4) is 0 Å². The lowest BCUT2D eigenvalue weighted by Crippen LogP contribution is -2.37. The molecule has 0 bridgehead atoms. The molecule has 0 amide bonds. The highest BCUT2D eigenvalue weighted by Crippen LogP contribution is 2.30. The molecule has 1 fully saturated rings. The molecular weight excluding hydrogens is 276 g/mol. The van der Waals surface area contributed by atoms with E-state index in [0.29, 0.717) is 18.8 Å². The van der Waals surface area contributed by atoms with Gasteiger partial charge in [-0.05, 0) is 18.9 Å². The van der Waals surface area contributed by atoms with Crippen molar-refractivity contribution in [2.75, 3.05) is 24.6 Å². The predicted octanol–water partition coefficient (Wildman–Crippen LogP) is 2.05. The van der Waals surface area contributed by atoms with Crippen LogP contribution < -0.4 is 4.90 Å². The third-order valence-corrected chi connectivity index (χ3v) is 3.53. The van der Waals surface area contributed by atoms with Gasteiger partial charge in [0, 0.05) is 19.2 Å². The third-order valence-electron chi connectivity index (χ3n) is 3.53. The van der Waals surface area contributed by atoms with Crippen molar-refractivity contribution in [2.24, 2.45) is 0 Å². The molecule has 1 aromatic rings. The zero-order valence-electron chi connectivity index (χ0n) is 11.6. The fourth-order valence-electron chi connectivity index (χ4n) is 2.46. The van der Waals surface area contributed by atoms with Gasteiger partial charge in [-0.25, -0.2) is 0 Å². The SMILES string of the molecule is O=C(O)CCOC1CCN(c2ccccc2[N+](=O)[O-])CC1. The number of para-hydroxylation sites is 2. The number of benzene rings is 1. The van der Waals surface area contributed by atoms with Gasteiger partial charge in [0.15, 0.2) is 0 Å². The second kappa shape index (κ2) is 7.03. The molecule has 7 heteroatoms. The molecular formula is C14H18N2O5. The monoisotopic (exact) mass is 294 g/mol. The van der Waals surface area contributed by atoms with Gasteiger partial charge in [-0.3, -0.25) is 14.9 Å². The molecule has 1 aliphatic heterocycles. The van der Waals surface area contributed by atoms with E-state index < -0.39 is 5.97 Å². The lowest BCUT2D eigenvalue weighted by molar-refractivity contribution is -0.384. The van der Waals surface area contributed by atoms with Crippen LogP contribution in [0.5, 0.6) is 0 Å². The summed E-state index contributed by atoms with van der Waals surface area (Å²) < 4.78 is 5.51. The maximum Gasteiger partial charge on any atom is 0.305 e. The summed E-state index contributed by atoms with van der Waals surface area (Å²) in [5.74, 6) is -0.868. The number of nitrogens with zero attached hydrogens (tertiary/aromatic N) is 2. The maximum atomic E-state index is 11.0. The Morgan fingerprint density at radius 2 is 2.05 bits per heavy atom. The second-order valence-electron chi connectivity index (χ2n) is 4.95. The van der Waals surface area contributed by atoms with E-state index in [4.69, 9.17) is 9.84 Å². The number of rotatable bonds is 6. The summed E-state index contributed by atoms with van der Waals surface area (Å²) in [6.45, 7) is 1.55. The first-order chi connectivity index (χ1) is 10.1. The van der Waals surface area contributed by atoms with Gasteiger partial charge in [-0.1, -0.05) is 12.1 Å². The number of nitro groups is 1. The Hall–Kier alpha value is -2.15. The van der Waals surface area contributed by atoms with Gasteiger partial charge in [0.2, 0.25) is 0 Å². The summed E-state index contributed by atoms with van der Waals surface area (Å²) in [6, 6.07) is 6.70. The minimum Gasteiger partial charge on any atom is -0.481 e. The Kier molecular flexibility index (Phi) is 5.10. The van der Waals surface area contributed by atoms with Crippen LogP contribution in [0, 0.1) is 10.1 Å². The summed E-state index contributed by atoms with van der Waals surface area (Å²) in [5, 5.41) is 19.6. The van der Waals surface area contributed by atoms with Gasteiger partial charge in [0.1, 0.15) is 5.69 Å². The predicted molar refractivity (Wildman–Crippen MR) is 76.5 cm³/mol. The van der Waals surface area contributed by atoms with Gasteiger partial charge in [-0.2, -0.15) is 0 Å². The Morgan fingerprint density at radius 1 is 1.38 bits per heavy atom. The van der Waals surface area contributed by atoms with Crippen LogP contribution in [-0.4, -0.2) is 41.8 Å². The van der Waals surface area contributed by atoms with Crippen molar-refractivity contribution in [3.05, 3.63) is 34.4 Å². The third kappa shape index (κ3) is 4.16. The van der Waals surface area contributed by atoms with Crippen molar-refractivity contribution in [1.29, 1.82) is 0 Å². The van der Waals surface area contributed by atoms with Crippen LogP contribution in [-0.2, 0) is 9.53 Å².